The molecule has 0 aliphatic carbocycles. The molecule has 0 unspecified atom stereocenters. The Morgan fingerprint density at radius 2 is 3.25 bits per heavy atom. The SMILES string of the molecule is [2H]NCC=C. The van der Waals surface area contributed by atoms with E-state index in [1.807, 2.05) is 0 Å². The highest BCUT2D eigenvalue weighted by atomic mass is 14.5. The molecule has 4 heavy (non-hydrogen) atoms. The van der Waals surface area contributed by atoms with E-state index in [1.165, 1.54) is 0 Å². The maximum atomic E-state index is 6.28. The molecule has 1 heteroatoms. The first-order valence-electron chi connectivity index (χ1n) is 1.67. The summed E-state index contributed by atoms with van der Waals surface area (Å²) in [5.74, 6) is 0. The van der Waals surface area contributed by atoms with Gasteiger partial charge in [-0.25, -0.2) is 0 Å². The van der Waals surface area contributed by atoms with Crippen LogP contribution in [0.3, 0.4) is 0 Å². The molecule has 0 rings (SSSR count). The molecule has 0 bridgehead atoms. The lowest BCUT2D eigenvalue weighted by Crippen LogP contribution is -1.90. The molecule has 0 saturated carbocycles. The van der Waals surface area contributed by atoms with Gasteiger partial charge in [0.1, 0.15) is 1.41 Å². The van der Waals surface area contributed by atoms with E-state index in [2.05, 4.69) is 12.3 Å². The zero-order valence-electron chi connectivity index (χ0n) is 3.49. The van der Waals surface area contributed by atoms with Gasteiger partial charge in [-0.05, 0) is 0 Å². The van der Waals surface area contributed by atoms with Crippen LogP contribution in [0.1, 0.15) is 0 Å². The van der Waals surface area contributed by atoms with Gasteiger partial charge in [0.05, 0.1) is 0 Å². The minimum atomic E-state index is 0.569. The monoisotopic (exact) mass is 58.1 g/mol. The van der Waals surface area contributed by atoms with E-state index < -0.39 is 0 Å². The molecular formula is C3H7N. The van der Waals surface area contributed by atoms with Crippen molar-refractivity contribution in [3.05, 3.63) is 12.7 Å². The molecule has 0 aliphatic heterocycles. The fourth-order valence-electron chi connectivity index (χ4n) is 0. The average Bonchev–Trinajstić information content (AvgIpc) is 1.41. The maximum absolute atomic E-state index is 6.28. The second-order valence-electron chi connectivity index (χ2n) is 0.493. The van der Waals surface area contributed by atoms with E-state index in [1.54, 1.807) is 6.08 Å². The van der Waals surface area contributed by atoms with Gasteiger partial charge in [-0.3, -0.25) is 0 Å². The zero-order chi connectivity index (χ0) is 4.12. The summed E-state index contributed by atoms with van der Waals surface area (Å²) in [5, 5.41) is 0. The van der Waals surface area contributed by atoms with Crippen molar-refractivity contribution in [3.63, 3.8) is 0 Å². The second kappa shape index (κ2) is 2.70. The Labute approximate surface area is 27.6 Å². The van der Waals surface area contributed by atoms with Gasteiger partial charge in [-0.1, -0.05) is 6.08 Å². The third-order valence-electron chi connectivity index (χ3n) is 0.144. The quantitative estimate of drug-likeness (QED) is 0.449. The molecule has 0 aliphatic rings. The van der Waals surface area contributed by atoms with Gasteiger partial charge >= 0.3 is 0 Å². The standard InChI is InChI=1S/C3H7N/c1-2-3-4/h2H,1,3-4H2/i/hD. The Morgan fingerprint density at radius 1 is 2.50 bits per heavy atom. The molecule has 0 aromatic heterocycles. The Kier molecular flexibility index (Phi) is 1.33. The third kappa shape index (κ3) is 1.70. The Bertz CT molecular complexity index is 28.1. The van der Waals surface area contributed by atoms with Gasteiger partial charge in [-0.2, -0.15) is 0 Å². The molecule has 0 aromatic carbocycles. The average molecular weight is 58.1 g/mol. The summed E-state index contributed by atoms with van der Waals surface area (Å²) < 4.78 is 6.28. The van der Waals surface area contributed by atoms with E-state index >= 15 is 0 Å². The predicted molar refractivity (Wildman–Crippen MR) is 19.3 cm³/mol. The number of hydrogen-bond acceptors (Lipinski definition) is 1. The van der Waals surface area contributed by atoms with Crippen LogP contribution in [-0.4, -0.2) is 6.54 Å². The lowest BCUT2D eigenvalue weighted by atomic mass is 10.7. The van der Waals surface area contributed by atoms with Crippen molar-refractivity contribution in [2.24, 2.45) is 5.73 Å². The smallest absolute Gasteiger partial charge is 0.119 e. The molecule has 1 nitrogen and oxygen atoms in total. The van der Waals surface area contributed by atoms with Crippen molar-refractivity contribution in [2.45, 2.75) is 0 Å². The lowest BCUT2D eigenvalue weighted by Gasteiger charge is -1.61. The fourth-order valence-corrected chi connectivity index (χ4v) is 0. The molecule has 0 spiro atoms. The topological polar surface area (TPSA) is 26.0 Å². The first kappa shape index (κ1) is 1.97. The van der Waals surface area contributed by atoms with Gasteiger partial charge in [0.2, 0.25) is 0 Å². The summed E-state index contributed by atoms with van der Waals surface area (Å²) >= 11 is 0. The van der Waals surface area contributed by atoms with E-state index in [0.29, 0.717) is 6.54 Å². The zero-order valence-corrected chi connectivity index (χ0v) is 2.49. The normalized spacial score (nSPS) is 9.50. The lowest BCUT2D eigenvalue weighted by molar-refractivity contribution is 1.26. The van der Waals surface area contributed by atoms with Gasteiger partial charge in [0, 0.05) is 6.54 Å². The summed E-state index contributed by atoms with van der Waals surface area (Å²) in [6.45, 7) is 3.94. The summed E-state index contributed by atoms with van der Waals surface area (Å²) in [6, 6.07) is 0. The van der Waals surface area contributed by atoms with Crippen LogP contribution in [0.4, 0.5) is 0 Å². The number of nitrogens with two attached hydrogens (primary N) is 1. The minimum absolute atomic E-state index is 0.569. The molecule has 2 N–H and O–H groups in total. The first-order chi connectivity index (χ1) is 2.41. The molecule has 0 amide bonds. The van der Waals surface area contributed by atoms with Gasteiger partial charge in [0.25, 0.3) is 0 Å². The summed E-state index contributed by atoms with van der Waals surface area (Å²) in [5.41, 5.74) is 2.15. The second-order valence-corrected chi connectivity index (χ2v) is 0.493. The van der Waals surface area contributed by atoms with Crippen molar-refractivity contribution in [1.82, 2.24) is 0 Å². The molecule has 0 fully saturated rings. The van der Waals surface area contributed by atoms with Crippen LogP contribution >= 0.6 is 0 Å². The maximum Gasteiger partial charge on any atom is 0.119 e. The summed E-state index contributed by atoms with van der Waals surface area (Å²) in [4.78, 5) is 0. The molecule has 0 radical (unpaired) electrons. The summed E-state index contributed by atoms with van der Waals surface area (Å²) in [6.07, 6.45) is 1.63. The van der Waals surface area contributed by atoms with E-state index in [0.717, 1.165) is 0 Å². The van der Waals surface area contributed by atoms with Crippen molar-refractivity contribution in [2.75, 3.05) is 6.54 Å². The van der Waals surface area contributed by atoms with Crippen molar-refractivity contribution < 1.29 is 1.41 Å². The first-order valence-corrected chi connectivity index (χ1v) is 1.17. The predicted octanol–water partition coefficient (Wildman–Crippen LogP) is 0.131. The van der Waals surface area contributed by atoms with Crippen LogP contribution < -0.4 is 5.73 Å². The van der Waals surface area contributed by atoms with Gasteiger partial charge in [0.15, 0.2) is 0 Å². The highest BCUT2D eigenvalue weighted by Gasteiger charge is 1.43. The molecule has 0 heterocycles. The largest absolute Gasteiger partial charge is 0.327 e. The van der Waals surface area contributed by atoms with Crippen LogP contribution in [0.2, 0.25) is 1.41 Å². The van der Waals surface area contributed by atoms with Crippen LogP contribution in [0.15, 0.2) is 12.7 Å². The molecular weight excluding hydrogens is 50.0 g/mol. The molecule has 0 atom stereocenters. The van der Waals surface area contributed by atoms with E-state index in [9.17, 15) is 0 Å². The Morgan fingerprint density at radius 3 is 3.25 bits per heavy atom. The fraction of sp³-hybridized carbons (Fsp3) is 0.333. The van der Waals surface area contributed by atoms with Crippen LogP contribution in [0.25, 0.3) is 0 Å². The van der Waals surface area contributed by atoms with Gasteiger partial charge in [-0.15, -0.1) is 6.58 Å². The summed E-state index contributed by atoms with van der Waals surface area (Å²) in [7, 11) is 0. The van der Waals surface area contributed by atoms with E-state index in [4.69, 9.17) is 1.41 Å². The van der Waals surface area contributed by atoms with E-state index in [-0.39, 0.29) is 0 Å². The van der Waals surface area contributed by atoms with Crippen molar-refractivity contribution in [3.8, 4) is 0 Å². The Hall–Kier alpha value is -0.300. The molecule has 0 aromatic rings. The van der Waals surface area contributed by atoms with Crippen molar-refractivity contribution in [1.29, 1.82) is 0 Å². The number of rotatable bonds is 2. The van der Waals surface area contributed by atoms with Crippen LogP contribution in [0, 0.1) is 0 Å². The van der Waals surface area contributed by atoms with Crippen LogP contribution in [-0.2, 0) is 0 Å². The highest BCUT2D eigenvalue weighted by Crippen LogP contribution is 1.40. The molecule has 24 valence electrons. The van der Waals surface area contributed by atoms with Crippen LogP contribution in [0.5, 0.6) is 0 Å². The third-order valence-corrected chi connectivity index (χ3v) is 0.144. The van der Waals surface area contributed by atoms with Crippen molar-refractivity contribution >= 4 is 0 Å². The molecule has 0 saturated heterocycles. The minimum Gasteiger partial charge on any atom is -0.327 e. The highest BCUT2D eigenvalue weighted by molar-refractivity contribution is 4.64. The Balaban J connectivity index is 2.40. The number of hydrogen-bond donors (Lipinski definition) is 1. The van der Waals surface area contributed by atoms with Gasteiger partial charge < -0.3 is 5.73 Å².